The predicted octanol–water partition coefficient (Wildman–Crippen LogP) is 3.21. The van der Waals surface area contributed by atoms with Crippen LogP contribution in [0.4, 0.5) is 4.39 Å². The van der Waals surface area contributed by atoms with Crippen LogP contribution in [0.5, 0.6) is 5.75 Å². The van der Waals surface area contributed by atoms with Crippen LogP contribution < -0.4 is 4.74 Å². The van der Waals surface area contributed by atoms with Gasteiger partial charge < -0.3 is 9.94 Å². The van der Waals surface area contributed by atoms with E-state index >= 15 is 0 Å². The highest BCUT2D eigenvalue weighted by Crippen LogP contribution is 2.13. The van der Waals surface area contributed by atoms with Crippen molar-refractivity contribution in [1.29, 1.82) is 0 Å². The van der Waals surface area contributed by atoms with Crippen LogP contribution in [0.15, 0.2) is 53.7 Å². The van der Waals surface area contributed by atoms with Gasteiger partial charge >= 0.3 is 0 Å². The van der Waals surface area contributed by atoms with E-state index in [1.165, 1.54) is 18.3 Å². The highest BCUT2D eigenvalue weighted by molar-refractivity contribution is 5.79. The Balaban J connectivity index is 1.95. The fourth-order valence-corrected chi connectivity index (χ4v) is 1.46. The summed E-state index contributed by atoms with van der Waals surface area (Å²) >= 11 is 0. The summed E-state index contributed by atoms with van der Waals surface area (Å²) in [6.07, 6.45) is 1.34. The molecule has 0 amide bonds. The van der Waals surface area contributed by atoms with E-state index in [1.54, 1.807) is 36.4 Å². The molecule has 0 spiro atoms. The SMILES string of the molecule is O/N=C/c1ccc(OCc2ccc(F)cc2)cc1. The summed E-state index contributed by atoms with van der Waals surface area (Å²) in [5, 5.41) is 11.3. The molecule has 0 aliphatic rings. The average Bonchev–Trinajstić information content (AvgIpc) is 2.40. The zero-order chi connectivity index (χ0) is 12.8. The number of oxime groups is 1. The lowest BCUT2D eigenvalue weighted by molar-refractivity contribution is 0.306. The van der Waals surface area contributed by atoms with Gasteiger partial charge in [-0.15, -0.1) is 0 Å². The maximum atomic E-state index is 12.7. The summed E-state index contributed by atoms with van der Waals surface area (Å²) in [5.41, 5.74) is 1.68. The number of rotatable bonds is 4. The first-order valence-electron chi connectivity index (χ1n) is 5.42. The highest BCUT2D eigenvalue weighted by atomic mass is 19.1. The van der Waals surface area contributed by atoms with Gasteiger partial charge in [-0.05, 0) is 47.5 Å². The van der Waals surface area contributed by atoms with Gasteiger partial charge in [0.1, 0.15) is 18.2 Å². The average molecular weight is 245 g/mol. The van der Waals surface area contributed by atoms with Gasteiger partial charge in [-0.1, -0.05) is 17.3 Å². The summed E-state index contributed by atoms with van der Waals surface area (Å²) in [6, 6.07) is 13.3. The Morgan fingerprint density at radius 2 is 1.72 bits per heavy atom. The van der Waals surface area contributed by atoms with Crippen molar-refractivity contribution in [1.82, 2.24) is 0 Å². The molecule has 92 valence electrons. The van der Waals surface area contributed by atoms with Crippen LogP contribution in [0.2, 0.25) is 0 Å². The van der Waals surface area contributed by atoms with Gasteiger partial charge in [0.2, 0.25) is 0 Å². The van der Waals surface area contributed by atoms with Crippen molar-refractivity contribution in [2.24, 2.45) is 5.16 Å². The maximum Gasteiger partial charge on any atom is 0.123 e. The van der Waals surface area contributed by atoms with Crippen LogP contribution in [-0.4, -0.2) is 11.4 Å². The smallest absolute Gasteiger partial charge is 0.123 e. The molecule has 0 aromatic heterocycles. The van der Waals surface area contributed by atoms with E-state index in [4.69, 9.17) is 9.94 Å². The maximum absolute atomic E-state index is 12.7. The minimum atomic E-state index is -0.258. The van der Waals surface area contributed by atoms with Crippen LogP contribution >= 0.6 is 0 Å². The first-order valence-corrected chi connectivity index (χ1v) is 5.42. The van der Waals surface area contributed by atoms with Crippen molar-refractivity contribution >= 4 is 6.21 Å². The number of nitrogens with zero attached hydrogens (tertiary/aromatic N) is 1. The van der Waals surface area contributed by atoms with Crippen molar-refractivity contribution in [3.63, 3.8) is 0 Å². The molecule has 0 saturated heterocycles. The topological polar surface area (TPSA) is 41.8 Å². The van der Waals surface area contributed by atoms with E-state index in [-0.39, 0.29) is 5.82 Å². The minimum Gasteiger partial charge on any atom is -0.489 e. The van der Waals surface area contributed by atoms with Gasteiger partial charge in [-0.3, -0.25) is 0 Å². The van der Waals surface area contributed by atoms with Gasteiger partial charge in [0.15, 0.2) is 0 Å². The molecule has 0 bridgehead atoms. The third kappa shape index (κ3) is 3.31. The zero-order valence-corrected chi connectivity index (χ0v) is 9.58. The number of ether oxygens (including phenoxy) is 1. The third-order valence-electron chi connectivity index (χ3n) is 2.41. The summed E-state index contributed by atoms with van der Waals surface area (Å²) < 4.78 is 18.2. The van der Waals surface area contributed by atoms with Gasteiger partial charge in [0.25, 0.3) is 0 Å². The molecule has 3 nitrogen and oxygen atoms in total. The van der Waals surface area contributed by atoms with Gasteiger partial charge in [-0.2, -0.15) is 0 Å². The predicted molar refractivity (Wildman–Crippen MR) is 66.6 cm³/mol. The van der Waals surface area contributed by atoms with E-state index < -0.39 is 0 Å². The summed E-state index contributed by atoms with van der Waals surface area (Å²) in [5.74, 6) is 0.445. The Labute approximate surface area is 104 Å². The van der Waals surface area contributed by atoms with Crippen LogP contribution in [0.25, 0.3) is 0 Å². The lowest BCUT2D eigenvalue weighted by Gasteiger charge is -2.06. The third-order valence-corrected chi connectivity index (χ3v) is 2.41. The molecule has 2 aromatic carbocycles. The number of benzene rings is 2. The van der Waals surface area contributed by atoms with Gasteiger partial charge in [0, 0.05) is 0 Å². The number of hydrogen-bond donors (Lipinski definition) is 1. The molecule has 0 aliphatic carbocycles. The number of hydrogen-bond acceptors (Lipinski definition) is 3. The van der Waals surface area contributed by atoms with E-state index in [1.807, 2.05) is 0 Å². The Kier molecular flexibility index (Phi) is 3.91. The monoisotopic (exact) mass is 245 g/mol. The zero-order valence-electron chi connectivity index (χ0n) is 9.58. The quantitative estimate of drug-likeness (QED) is 0.510. The molecule has 0 saturated carbocycles. The molecule has 18 heavy (non-hydrogen) atoms. The van der Waals surface area contributed by atoms with Crippen molar-refractivity contribution in [3.05, 3.63) is 65.5 Å². The normalized spacial score (nSPS) is 10.7. The summed E-state index contributed by atoms with van der Waals surface area (Å²) in [4.78, 5) is 0. The second-order valence-electron chi connectivity index (χ2n) is 3.73. The van der Waals surface area contributed by atoms with E-state index in [9.17, 15) is 4.39 Å². The lowest BCUT2D eigenvalue weighted by Crippen LogP contribution is -1.95. The van der Waals surface area contributed by atoms with Crippen molar-refractivity contribution < 1.29 is 14.3 Å². The molecular weight excluding hydrogens is 233 g/mol. The second-order valence-corrected chi connectivity index (χ2v) is 3.73. The molecule has 0 heterocycles. The Morgan fingerprint density at radius 1 is 1.06 bits per heavy atom. The molecule has 0 radical (unpaired) electrons. The molecule has 1 N–H and O–H groups in total. The summed E-state index contributed by atoms with van der Waals surface area (Å²) in [7, 11) is 0. The molecule has 0 aliphatic heterocycles. The molecule has 0 unspecified atom stereocenters. The molecular formula is C14H12FNO2. The highest BCUT2D eigenvalue weighted by Gasteiger charge is 1.97. The molecule has 2 aromatic rings. The van der Waals surface area contributed by atoms with Crippen molar-refractivity contribution in [2.75, 3.05) is 0 Å². The second kappa shape index (κ2) is 5.82. The standard InChI is InChI=1S/C14H12FNO2/c15-13-5-1-12(2-6-13)10-18-14-7-3-11(4-8-14)9-16-17/h1-9,17H,10H2/b16-9+. The fourth-order valence-electron chi connectivity index (χ4n) is 1.46. The number of halogens is 1. The van der Waals surface area contributed by atoms with Crippen LogP contribution in [0, 0.1) is 5.82 Å². The van der Waals surface area contributed by atoms with Gasteiger partial charge in [-0.25, -0.2) is 4.39 Å². The van der Waals surface area contributed by atoms with E-state index in [0.29, 0.717) is 12.4 Å². The first kappa shape index (κ1) is 12.1. The fraction of sp³-hybridized carbons (Fsp3) is 0.0714. The van der Waals surface area contributed by atoms with E-state index in [0.717, 1.165) is 11.1 Å². The van der Waals surface area contributed by atoms with Crippen LogP contribution in [-0.2, 0) is 6.61 Å². The summed E-state index contributed by atoms with van der Waals surface area (Å²) in [6.45, 7) is 0.383. The Bertz CT molecular complexity index is 520. The Hall–Kier alpha value is -2.36. The lowest BCUT2D eigenvalue weighted by atomic mass is 10.2. The van der Waals surface area contributed by atoms with Crippen molar-refractivity contribution in [2.45, 2.75) is 6.61 Å². The largest absolute Gasteiger partial charge is 0.489 e. The van der Waals surface area contributed by atoms with Crippen LogP contribution in [0.3, 0.4) is 0 Å². The molecule has 0 atom stereocenters. The Morgan fingerprint density at radius 3 is 2.33 bits per heavy atom. The molecule has 0 fully saturated rings. The minimum absolute atomic E-state index is 0.258. The molecule has 4 heteroatoms. The first-order chi connectivity index (χ1) is 8.78. The molecule has 2 rings (SSSR count). The van der Waals surface area contributed by atoms with Gasteiger partial charge in [0.05, 0.1) is 6.21 Å². The van der Waals surface area contributed by atoms with E-state index in [2.05, 4.69) is 5.16 Å². The van der Waals surface area contributed by atoms with Crippen molar-refractivity contribution in [3.8, 4) is 5.75 Å². The van der Waals surface area contributed by atoms with Crippen LogP contribution in [0.1, 0.15) is 11.1 Å².